The Kier molecular flexibility index (Phi) is 4.34. The summed E-state index contributed by atoms with van der Waals surface area (Å²) in [5.41, 5.74) is 1.76. The van der Waals surface area contributed by atoms with Crippen molar-refractivity contribution in [2.75, 3.05) is 19.4 Å². The smallest absolute Gasteiger partial charge is 0.133 e. The van der Waals surface area contributed by atoms with Crippen LogP contribution in [0.25, 0.3) is 0 Å². The summed E-state index contributed by atoms with van der Waals surface area (Å²) in [6.45, 7) is 1.22. The van der Waals surface area contributed by atoms with E-state index in [-0.39, 0.29) is 5.82 Å². The molecule has 4 nitrogen and oxygen atoms in total. The largest absolute Gasteiger partial charge is 0.366 e. The lowest BCUT2D eigenvalue weighted by Crippen LogP contribution is -2.12. The number of nitrogens with one attached hydrogen (secondary N) is 1. The molecule has 0 aliphatic heterocycles. The Hall–Kier alpha value is -2.01. The van der Waals surface area contributed by atoms with E-state index in [1.165, 1.54) is 18.9 Å². The minimum atomic E-state index is -0.157. The third kappa shape index (κ3) is 3.80. The van der Waals surface area contributed by atoms with Gasteiger partial charge in [-0.2, -0.15) is 0 Å². The molecule has 1 heterocycles. The molecular formula is C17H21FN4. The Morgan fingerprint density at radius 1 is 1.27 bits per heavy atom. The van der Waals surface area contributed by atoms with Gasteiger partial charge in [0.25, 0.3) is 0 Å². The van der Waals surface area contributed by atoms with Crippen LogP contribution in [0.2, 0.25) is 0 Å². The normalized spacial score (nSPS) is 14.4. The van der Waals surface area contributed by atoms with Gasteiger partial charge in [-0.3, -0.25) is 0 Å². The summed E-state index contributed by atoms with van der Waals surface area (Å²) in [6.07, 6.45) is 4.18. The lowest BCUT2D eigenvalue weighted by atomic mass is 10.1. The van der Waals surface area contributed by atoms with E-state index in [4.69, 9.17) is 0 Å². The molecule has 1 saturated carbocycles. The lowest BCUT2D eigenvalue weighted by Gasteiger charge is -2.12. The Balaban J connectivity index is 1.67. The second-order valence-corrected chi connectivity index (χ2v) is 6.09. The van der Waals surface area contributed by atoms with Crippen LogP contribution in [0.3, 0.4) is 0 Å². The van der Waals surface area contributed by atoms with Gasteiger partial charge in [-0.15, -0.1) is 0 Å². The Labute approximate surface area is 130 Å². The number of hydrogen-bond donors (Lipinski definition) is 1. The van der Waals surface area contributed by atoms with Gasteiger partial charge in [0.2, 0.25) is 0 Å². The highest BCUT2D eigenvalue weighted by Gasteiger charge is 2.26. The van der Waals surface area contributed by atoms with Crippen LogP contribution in [-0.2, 0) is 13.1 Å². The van der Waals surface area contributed by atoms with Gasteiger partial charge in [0.1, 0.15) is 17.5 Å². The molecule has 1 fully saturated rings. The van der Waals surface area contributed by atoms with E-state index in [2.05, 4.69) is 15.3 Å². The summed E-state index contributed by atoms with van der Waals surface area (Å²) < 4.78 is 13.8. The van der Waals surface area contributed by atoms with E-state index in [0.29, 0.717) is 24.6 Å². The summed E-state index contributed by atoms with van der Waals surface area (Å²) >= 11 is 0. The summed E-state index contributed by atoms with van der Waals surface area (Å²) in [5, 5.41) is 3.30. The molecule has 0 amide bonds. The van der Waals surface area contributed by atoms with Crippen LogP contribution in [-0.4, -0.2) is 29.0 Å². The minimum Gasteiger partial charge on any atom is -0.366 e. The molecule has 1 aromatic heterocycles. The van der Waals surface area contributed by atoms with Crippen molar-refractivity contribution in [1.29, 1.82) is 0 Å². The highest BCUT2D eigenvalue weighted by atomic mass is 19.1. The van der Waals surface area contributed by atoms with Gasteiger partial charge < -0.3 is 10.2 Å². The Morgan fingerprint density at radius 2 is 2.09 bits per heavy atom. The molecule has 1 aliphatic rings. The molecule has 1 aromatic carbocycles. The first-order valence-corrected chi connectivity index (χ1v) is 7.60. The van der Waals surface area contributed by atoms with Crippen molar-refractivity contribution >= 4 is 5.82 Å². The second kappa shape index (κ2) is 6.40. The lowest BCUT2D eigenvalue weighted by molar-refractivity contribution is 0.392. The zero-order valence-electron chi connectivity index (χ0n) is 13.0. The van der Waals surface area contributed by atoms with Crippen LogP contribution in [0.5, 0.6) is 0 Å². The summed E-state index contributed by atoms with van der Waals surface area (Å²) in [6, 6.07) is 7.12. The molecule has 0 atom stereocenters. The maximum atomic E-state index is 13.8. The minimum absolute atomic E-state index is 0.157. The van der Waals surface area contributed by atoms with Gasteiger partial charge in [0.05, 0.1) is 0 Å². The molecule has 1 N–H and O–H groups in total. The third-order valence-electron chi connectivity index (χ3n) is 3.69. The molecule has 0 bridgehead atoms. The Morgan fingerprint density at radius 3 is 2.82 bits per heavy atom. The molecule has 5 heteroatoms. The summed E-state index contributed by atoms with van der Waals surface area (Å²) in [5.74, 6) is 2.14. The van der Waals surface area contributed by atoms with Crippen molar-refractivity contribution in [3.05, 3.63) is 53.2 Å². The average molecular weight is 300 g/mol. The van der Waals surface area contributed by atoms with E-state index in [1.54, 1.807) is 6.20 Å². The fourth-order valence-electron chi connectivity index (χ4n) is 2.40. The first-order chi connectivity index (χ1) is 10.6. The second-order valence-electron chi connectivity index (χ2n) is 6.09. The quantitative estimate of drug-likeness (QED) is 0.889. The number of nitrogens with zero attached hydrogens (tertiary/aromatic N) is 3. The molecular weight excluding hydrogens is 279 g/mol. The van der Waals surface area contributed by atoms with Crippen molar-refractivity contribution in [3.8, 4) is 0 Å². The van der Waals surface area contributed by atoms with Gasteiger partial charge in [0, 0.05) is 30.8 Å². The molecule has 0 spiro atoms. The highest BCUT2D eigenvalue weighted by Crippen LogP contribution is 2.38. The van der Waals surface area contributed by atoms with Crippen molar-refractivity contribution in [2.45, 2.75) is 31.8 Å². The molecule has 22 heavy (non-hydrogen) atoms. The topological polar surface area (TPSA) is 41.0 Å². The maximum absolute atomic E-state index is 13.8. The molecule has 1 aliphatic carbocycles. The van der Waals surface area contributed by atoms with Gasteiger partial charge in [-0.05, 0) is 50.7 Å². The number of aromatic nitrogens is 2. The fraction of sp³-hybridized carbons (Fsp3) is 0.412. The van der Waals surface area contributed by atoms with Crippen LogP contribution in [0.1, 0.15) is 35.7 Å². The SMILES string of the molecule is CN(C)Cc1cc(CNc2ccnc(C3CC3)n2)ccc1F. The first kappa shape index (κ1) is 14.9. The predicted molar refractivity (Wildman–Crippen MR) is 85.1 cm³/mol. The zero-order chi connectivity index (χ0) is 15.5. The van der Waals surface area contributed by atoms with Crippen LogP contribution >= 0.6 is 0 Å². The van der Waals surface area contributed by atoms with E-state index < -0.39 is 0 Å². The molecule has 0 saturated heterocycles. The number of rotatable bonds is 6. The van der Waals surface area contributed by atoms with Crippen molar-refractivity contribution < 1.29 is 4.39 Å². The maximum Gasteiger partial charge on any atom is 0.133 e. The number of hydrogen-bond acceptors (Lipinski definition) is 4. The van der Waals surface area contributed by atoms with Crippen molar-refractivity contribution in [2.24, 2.45) is 0 Å². The number of benzene rings is 1. The molecule has 116 valence electrons. The van der Waals surface area contributed by atoms with Crippen LogP contribution < -0.4 is 5.32 Å². The standard InChI is InChI=1S/C17H21FN4/c1-22(2)11-14-9-12(3-6-15(14)18)10-20-16-7-8-19-17(21-16)13-4-5-13/h3,6-9,13H,4-5,10-11H2,1-2H3,(H,19,20,21). The molecule has 0 unspecified atom stereocenters. The highest BCUT2D eigenvalue weighted by molar-refractivity contribution is 5.36. The first-order valence-electron chi connectivity index (χ1n) is 7.60. The van der Waals surface area contributed by atoms with E-state index >= 15 is 0 Å². The van der Waals surface area contributed by atoms with Gasteiger partial charge in [-0.25, -0.2) is 14.4 Å². The average Bonchev–Trinajstić information content (AvgIpc) is 3.33. The van der Waals surface area contributed by atoms with Crippen LogP contribution in [0, 0.1) is 5.82 Å². The predicted octanol–water partition coefficient (Wildman–Crippen LogP) is 3.17. The third-order valence-corrected chi connectivity index (χ3v) is 3.69. The van der Waals surface area contributed by atoms with Gasteiger partial charge in [-0.1, -0.05) is 6.07 Å². The van der Waals surface area contributed by atoms with Gasteiger partial charge >= 0.3 is 0 Å². The Bertz CT molecular complexity index is 653. The fourth-order valence-corrected chi connectivity index (χ4v) is 2.40. The van der Waals surface area contributed by atoms with Crippen molar-refractivity contribution in [1.82, 2.24) is 14.9 Å². The monoisotopic (exact) mass is 300 g/mol. The van der Waals surface area contributed by atoms with Crippen LogP contribution in [0.15, 0.2) is 30.5 Å². The summed E-state index contributed by atoms with van der Waals surface area (Å²) in [4.78, 5) is 10.8. The molecule has 0 radical (unpaired) electrons. The van der Waals surface area contributed by atoms with Crippen molar-refractivity contribution in [3.63, 3.8) is 0 Å². The van der Waals surface area contributed by atoms with Crippen LogP contribution in [0.4, 0.5) is 10.2 Å². The van der Waals surface area contributed by atoms with E-state index in [0.717, 1.165) is 17.2 Å². The molecule has 2 aromatic rings. The summed E-state index contributed by atoms with van der Waals surface area (Å²) in [7, 11) is 3.87. The number of halogens is 1. The molecule has 3 rings (SSSR count). The van der Waals surface area contributed by atoms with E-state index in [9.17, 15) is 4.39 Å². The number of anilines is 1. The zero-order valence-corrected chi connectivity index (χ0v) is 13.0. The van der Waals surface area contributed by atoms with E-state index in [1.807, 2.05) is 37.2 Å². The van der Waals surface area contributed by atoms with Gasteiger partial charge in [0.15, 0.2) is 0 Å².